The molecule has 6 rings (SSSR count). The summed E-state index contributed by atoms with van der Waals surface area (Å²) in [6, 6.07) is 10.0. The van der Waals surface area contributed by atoms with Crippen molar-refractivity contribution < 1.29 is 18.3 Å². The predicted octanol–water partition coefficient (Wildman–Crippen LogP) is 4.49. The minimum absolute atomic E-state index is 0.0646. The van der Waals surface area contributed by atoms with Crippen LogP contribution >= 0.6 is 0 Å². The quantitative estimate of drug-likeness (QED) is 0.374. The van der Waals surface area contributed by atoms with Crippen LogP contribution in [0.15, 0.2) is 59.7 Å². The molecule has 3 atom stereocenters. The van der Waals surface area contributed by atoms with Crippen LogP contribution < -0.4 is 11.4 Å². The molecule has 202 valence electrons. The van der Waals surface area contributed by atoms with Gasteiger partial charge in [0.1, 0.15) is 17.7 Å². The van der Waals surface area contributed by atoms with Crippen molar-refractivity contribution in [2.45, 2.75) is 49.8 Å². The topological polar surface area (TPSA) is 119 Å². The fourth-order valence-corrected chi connectivity index (χ4v) is 5.95. The van der Waals surface area contributed by atoms with E-state index in [4.69, 9.17) is 10.5 Å². The molecule has 1 amide bonds. The molecule has 0 bridgehead atoms. The van der Waals surface area contributed by atoms with Gasteiger partial charge < -0.3 is 15.4 Å². The van der Waals surface area contributed by atoms with E-state index >= 15 is 0 Å². The van der Waals surface area contributed by atoms with Crippen molar-refractivity contribution in [1.82, 2.24) is 24.4 Å². The van der Waals surface area contributed by atoms with Crippen molar-refractivity contribution in [2.24, 2.45) is 5.73 Å². The first-order valence-electron chi connectivity index (χ1n) is 13.1. The summed E-state index contributed by atoms with van der Waals surface area (Å²) in [5.74, 6) is -1.70. The van der Waals surface area contributed by atoms with Gasteiger partial charge in [0, 0.05) is 49.6 Å². The molecule has 9 nitrogen and oxygen atoms in total. The normalized spacial score (nSPS) is 21.9. The van der Waals surface area contributed by atoms with E-state index in [0.29, 0.717) is 61.2 Å². The molecular weight excluding hydrogens is 506 g/mol. The number of hydrogen-bond donors (Lipinski definition) is 2. The lowest BCUT2D eigenvalue weighted by molar-refractivity contribution is 0.0473. The maximum absolute atomic E-state index is 14.0. The number of aromatic nitrogens is 4. The van der Waals surface area contributed by atoms with Crippen LogP contribution in [-0.4, -0.2) is 43.6 Å². The number of imidazole rings is 1. The van der Waals surface area contributed by atoms with Gasteiger partial charge in [-0.2, -0.15) is 0 Å². The van der Waals surface area contributed by atoms with Crippen molar-refractivity contribution in [3.63, 3.8) is 0 Å². The van der Waals surface area contributed by atoms with Gasteiger partial charge in [0.2, 0.25) is 0 Å². The highest BCUT2D eigenvalue weighted by atomic mass is 19.1. The number of ether oxygens (including phenoxy) is 1. The van der Waals surface area contributed by atoms with E-state index in [2.05, 4.69) is 15.0 Å². The van der Waals surface area contributed by atoms with Gasteiger partial charge in [-0.05, 0) is 67.1 Å². The van der Waals surface area contributed by atoms with Crippen molar-refractivity contribution in [3.8, 4) is 0 Å². The van der Waals surface area contributed by atoms with Gasteiger partial charge in [-0.3, -0.25) is 14.5 Å². The van der Waals surface area contributed by atoms with Crippen LogP contribution in [0.4, 0.5) is 13.6 Å². The summed E-state index contributed by atoms with van der Waals surface area (Å²) < 4.78 is 35.7. The largest absolute Gasteiger partial charge is 0.440 e. The third-order valence-corrected chi connectivity index (χ3v) is 7.84. The number of aromatic amines is 1. The maximum Gasteiger partial charge on any atom is 0.410 e. The molecule has 1 aliphatic carbocycles. The minimum atomic E-state index is -0.662. The summed E-state index contributed by atoms with van der Waals surface area (Å²) >= 11 is 0. The lowest BCUT2D eigenvalue weighted by atomic mass is 9.86. The van der Waals surface area contributed by atoms with Crippen LogP contribution in [0.5, 0.6) is 0 Å². The molecule has 0 radical (unpaired) electrons. The molecular formula is C28H28F2N6O3. The monoisotopic (exact) mass is 534 g/mol. The van der Waals surface area contributed by atoms with Gasteiger partial charge in [-0.15, -0.1) is 0 Å². The summed E-state index contributed by atoms with van der Waals surface area (Å²) in [5, 5.41) is 0. The third kappa shape index (κ3) is 4.78. The minimum Gasteiger partial charge on any atom is -0.440 e. The van der Waals surface area contributed by atoms with Gasteiger partial charge in [0.15, 0.2) is 5.65 Å². The number of nitrogens with zero attached hydrogens (tertiary/aromatic N) is 4. The first-order chi connectivity index (χ1) is 18.9. The number of H-pyrrole nitrogens is 1. The average molecular weight is 535 g/mol. The number of pyridine rings is 2. The first kappa shape index (κ1) is 25.2. The van der Waals surface area contributed by atoms with E-state index in [1.807, 2.05) is 12.1 Å². The summed E-state index contributed by atoms with van der Waals surface area (Å²) in [6.45, 7) is 0.852. The summed E-state index contributed by atoms with van der Waals surface area (Å²) in [7, 11) is 0. The third-order valence-electron chi connectivity index (χ3n) is 7.84. The van der Waals surface area contributed by atoms with E-state index in [-0.39, 0.29) is 17.6 Å². The van der Waals surface area contributed by atoms with Gasteiger partial charge >= 0.3 is 11.8 Å². The van der Waals surface area contributed by atoms with E-state index in [9.17, 15) is 18.4 Å². The average Bonchev–Trinajstić information content (AvgIpc) is 3.20. The fourth-order valence-electron chi connectivity index (χ4n) is 5.95. The highest BCUT2D eigenvalue weighted by molar-refractivity contribution is 5.70. The molecule has 2 aliphatic rings. The van der Waals surface area contributed by atoms with Crippen molar-refractivity contribution in [2.75, 3.05) is 13.1 Å². The van der Waals surface area contributed by atoms with Gasteiger partial charge in [-0.25, -0.2) is 23.4 Å². The molecule has 1 aromatic carbocycles. The standard InChI is InChI=1S/C28H28F2N6O3/c29-17-13-16(14-18(30)15-17)20-5-6-23(25-21(24(20)31)3-1-9-32-25)39-28(38)35-11-7-19(8-12-35)36-22-4-2-10-33-26(22)34-27(36)37/h1-4,9-10,13-15,19-20,23-24H,5-8,11-12,31H2,(H,33,34,37). The smallest absolute Gasteiger partial charge is 0.410 e. The van der Waals surface area contributed by atoms with E-state index in [1.165, 1.54) is 12.1 Å². The van der Waals surface area contributed by atoms with Gasteiger partial charge in [-0.1, -0.05) is 6.07 Å². The zero-order chi connectivity index (χ0) is 27.1. The zero-order valence-corrected chi connectivity index (χ0v) is 21.1. The fraction of sp³-hybridized carbons (Fsp3) is 0.357. The molecule has 3 aromatic heterocycles. The Morgan fingerprint density at radius 1 is 1.00 bits per heavy atom. The van der Waals surface area contributed by atoms with Crippen molar-refractivity contribution in [3.05, 3.63) is 93.8 Å². The number of hydrogen-bond acceptors (Lipinski definition) is 6. The lowest BCUT2D eigenvalue weighted by Gasteiger charge is -2.33. The number of piperidine rings is 1. The highest BCUT2D eigenvalue weighted by Gasteiger charge is 2.35. The number of nitrogens with two attached hydrogens (primary N) is 1. The second kappa shape index (κ2) is 10.2. The molecule has 4 heterocycles. The Kier molecular flexibility index (Phi) is 6.59. The van der Waals surface area contributed by atoms with Gasteiger partial charge in [0.25, 0.3) is 0 Å². The number of amides is 1. The van der Waals surface area contributed by atoms with Crippen molar-refractivity contribution in [1.29, 1.82) is 0 Å². The number of carbonyl (C=O) groups is 1. The van der Waals surface area contributed by atoms with Crippen LogP contribution in [0.1, 0.15) is 66.6 Å². The first-order valence-corrected chi connectivity index (χ1v) is 13.1. The molecule has 1 aliphatic heterocycles. The van der Waals surface area contributed by atoms with Crippen LogP contribution in [0.25, 0.3) is 11.2 Å². The van der Waals surface area contributed by atoms with E-state index in [1.54, 1.807) is 34.0 Å². The number of likely N-dealkylation sites (tertiary alicyclic amines) is 1. The summed E-state index contributed by atoms with van der Waals surface area (Å²) in [6.07, 6.45) is 4.18. The van der Waals surface area contributed by atoms with E-state index in [0.717, 1.165) is 11.6 Å². The summed E-state index contributed by atoms with van der Waals surface area (Å²) in [5.41, 5.74) is 9.39. The maximum atomic E-state index is 14.0. The number of halogens is 2. The molecule has 11 heteroatoms. The molecule has 3 unspecified atom stereocenters. The molecule has 4 aromatic rings. The second-order valence-electron chi connectivity index (χ2n) is 10.2. The Balaban J connectivity index is 1.17. The van der Waals surface area contributed by atoms with E-state index < -0.39 is 29.9 Å². The number of nitrogens with one attached hydrogen (secondary N) is 1. The predicted molar refractivity (Wildman–Crippen MR) is 139 cm³/mol. The molecule has 1 fully saturated rings. The molecule has 0 spiro atoms. The second-order valence-corrected chi connectivity index (χ2v) is 10.2. The Labute approximate surface area is 222 Å². The molecule has 39 heavy (non-hydrogen) atoms. The number of benzene rings is 1. The molecule has 3 N–H and O–H groups in total. The summed E-state index contributed by atoms with van der Waals surface area (Å²) in [4.78, 5) is 38.9. The highest BCUT2D eigenvalue weighted by Crippen LogP contribution is 2.42. The Hall–Kier alpha value is -4.12. The van der Waals surface area contributed by atoms with Crippen LogP contribution in [-0.2, 0) is 4.74 Å². The Bertz CT molecular complexity index is 1560. The van der Waals surface area contributed by atoms with Crippen LogP contribution in [0, 0.1) is 11.6 Å². The zero-order valence-electron chi connectivity index (χ0n) is 21.1. The van der Waals surface area contributed by atoms with Crippen molar-refractivity contribution >= 4 is 17.3 Å². The lowest BCUT2D eigenvalue weighted by Crippen LogP contribution is -2.41. The van der Waals surface area contributed by atoms with Crippen LogP contribution in [0.2, 0.25) is 0 Å². The Morgan fingerprint density at radius 2 is 1.72 bits per heavy atom. The molecule has 1 saturated heterocycles. The van der Waals surface area contributed by atoms with Crippen LogP contribution in [0.3, 0.4) is 0 Å². The molecule has 0 saturated carbocycles. The van der Waals surface area contributed by atoms with Gasteiger partial charge in [0.05, 0.1) is 11.2 Å². The SMILES string of the molecule is NC1c2cccnc2C(OC(=O)N2CCC(n3c(=O)[nH]c4ncccc43)CC2)CCC1c1cc(F)cc(F)c1. The Morgan fingerprint density at radius 3 is 2.49 bits per heavy atom. The number of carbonyl (C=O) groups excluding carboxylic acids is 1. The number of rotatable bonds is 3. The number of fused-ring (bicyclic) bond motifs is 2.